The van der Waals surface area contributed by atoms with E-state index < -0.39 is 17.8 Å². The molecule has 5 nitrogen and oxygen atoms in total. The molecule has 0 heterocycles. The van der Waals surface area contributed by atoms with Crippen LogP contribution in [0.15, 0.2) is 60.7 Å². The SMILES string of the molecule is CCOC(=O)C(C(=O)NOCc1ccccc1)c1ccccc1. The van der Waals surface area contributed by atoms with Gasteiger partial charge < -0.3 is 4.74 Å². The predicted octanol–water partition coefficient (Wildman–Crippen LogP) is 2.58. The number of esters is 1. The van der Waals surface area contributed by atoms with Gasteiger partial charge in [0.2, 0.25) is 0 Å². The molecule has 120 valence electrons. The predicted molar refractivity (Wildman–Crippen MR) is 85.2 cm³/mol. The van der Waals surface area contributed by atoms with Crippen LogP contribution in [0.25, 0.3) is 0 Å². The third-order valence-corrected chi connectivity index (χ3v) is 3.17. The second-order valence-electron chi connectivity index (χ2n) is 4.84. The molecule has 2 rings (SSSR count). The molecule has 0 aromatic heterocycles. The Balaban J connectivity index is 2.00. The summed E-state index contributed by atoms with van der Waals surface area (Å²) in [5.41, 5.74) is 3.81. The standard InChI is InChI=1S/C18H19NO4/c1-2-22-18(21)16(15-11-7-4-8-12-15)17(20)19-23-13-14-9-5-3-6-10-14/h3-12,16H,2,13H2,1H3,(H,19,20). The molecule has 0 fully saturated rings. The molecule has 5 heteroatoms. The maximum atomic E-state index is 12.3. The highest BCUT2D eigenvalue weighted by Gasteiger charge is 2.30. The molecule has 0 aliphatic heterocycles. The van der Waals surface area contributed by atoms with Gasteiger partial charge >= 0.3 is 5.97 Å². The summed E-state index contributed by atoms with van der Waals surface area (Å²) in [4.78, 5) is 29.6. The molecule has 1 amide bonds. The number of carbonyl (C=O) groups excluding carboxylic acids is 2. The molecule has 0 aliphatic rings. The topological polar surface area (TPSA) is 64.6 Å². The van der Waals surface area contributed by atoms with Gasteiger partial charge in [0.15, 0.2) is 5.92 Å². The number of benzene rings is 2. The smallest absolute Gasteiger partial charge is 0.323 e. The lowest BCUT2D eigenvalue weighted by molar-refractivity contribution is -0.152. The Labute approximate surface area is 135 Å². The van der Waals surface area contributed by atoms with Crippen LogP contribution in [0, 0.1) is 0 Å². The molecular weight excluding hydrogens is 294 g/mol. The number of hydroxylamine groups is 1. The van der Waals surface area contributed by atoms with Crippen molar-refractivity contribution < 1.29 is 19.2 Å². The fourth-order valence-corrected chi connectivity index (χ4v) is 2.09. The quantitative estimate of drug-likeness (QED) is 0.485. The number of rotatable bonds is 7. The molecule has 0 aliphatic carbocycles. The minimum atomic E-state index is -1.05. The van der Waals surface area contributed by atoms with E-state index in [1.165, 1.54) is 0 Å². The highest BCUT2D eigenvalue weighted by atomic mass is 16.7. The Morgan fingerprint density at radius 2 is 1.61 bits per heavy atom. The van der Waals surface area contributed by atoms with E-state index >= 15 is 0 Å². The van der Waals surface area contributed by atoms with E-state index in [1.54, 1.807) is 31.2 Å². The zero-order valence-corrected chi connectivity index (χ0v) is 12.9. The Morgan fingerprint density at radius 1 is 1.00 bits per heavy atom. The monoisotopic (exact) mass is 313 g/mol. The zero-order chi connectivity index (χ0) is 16.5. The lowest BCUT2D eigenvalue weighted by atomic mass is 9.99. The van der Waals surface area contributed by atoms with E-state index in [0.29, 0.717) is 5.56 Å². The van der Waals surface area contributed by atoms with Crippen molar-refractivity contribution in [1.29, 1.82) is 0 Å². The van der Waals surface area contributed by atoms with Crippen LogP contribution in [-0.4, -0.2) is 18.5 Å². The molecule has 2 aromatic rings. The fourth-order valence-electron chi connectivity index (χ4n) is 2.09. The number of carbonyl (C=O) groups is 2. The Kier molecular flexibility index (Phi) is 6.32. The average molecular weight is 313 g/mol. The van der Waals surface area contributed by atoms with E-state index in [0.717, 1.165) is 5.56 Å². The van der Waals surface area contributed by atoms with E-state index in [4.69, 9.17) is 9.57 Å². The highest BCUT2D eigenvalue weighted by Crippen LogP contribution is 2.18. The number of ether oxygens (including phenoxy) is 1. The summed E-state index contributed by atoms with van der Waals surface area (Å²) in [5, 5.41) is 0. The van der Waals surface area contributed by atoms with Crippen molar-refractivity contribution in [3.05, 3.63) is 71.8 Å². The highest BCUT2D eigenvalue weighted by molar-refractivity contribution is 6.03. The van der Waals surface area contributed by atoms with Crippen LogP contribution in [0.3, 0.4) is 0 Å². The van der Waals surface area contributed by atoms with Gasteiger partial charge in [0.05, 0.1) is 13.2 Å². The fraction of sp³-hybridized carbons (Fsp3) is 0.222. The average Bonchev–Trinajstić information content (AvgIpc) is 2.57. The minimum absolute atomic E-state index is 0.209. The Morgan fingerprint density at radius 3 is 2.22 bits per heavy atom. The summed E-state index contributed by atoms with van der Waals surface area (Å²) in [7, 11) is 0. The first-order chi connectivity index (χ1) is 11.2. The van der Waals surface area contributed by atoms with Crippen molar-refractivity contribution in [2.24, 2.45) is 0 Å². The van der Waals surface area contributed by atoms with Gasteiger partial charge in [-0.05, 0) is 18.1 Å². The van der Waals surface area contributed by atoms with Crippen LogP contribution in [0.5, 0.6) is 0 Å². The first-order valence-electron chi connectivity index (χ1n) is 7.39. The number of nitrogens with one attached hydrogen (secondary N) is 1. The summed E-state index contributed by atoms with van der Waals surface area (Å²) in [6.07, 6.45) is 0. The summed E-state index contributed by atoms with van der Waals surface area (Å²) in [6, 6.07) is 18.2. The zero-order valence-electron chi connectivity index (χ0n) is 12.9. The molecule has 0 spiro atoms. The van der Waals surface area contributed by atoms with Gasteiger partial charge in [-0.1, -0.05) is 60.7 Å². The molecule has 0 bridgehead atoms. The molecule has 0 saturated heterocycles. The molecule has 23 heavy (non-hydrogen) atoms. The van der Waals surface area contributed by atoms with Gasteiger partial charge in [-0.25, -0.2) is 5.48 Å². The summed E-state index contributed by atoms with van der Waals surface area (Å²) >= 11 is 0. The van der Waals surface area contributed by atoms with Crippen molar-refractivity contribution in [2.75, 3.05) is 6.61 Å². The van der Waals surface area contributed by atoms with Gasteiger partial charge in [0.1, 0.15) is 0 Å². The number of hydrogen-bond donors (Lipinski definition) is 1. The largest absolute Gasteiger partial charge is 0.465 e. The number of hydrogen-bond acceptors (Lipinski definition) is 4. The first kappa shape index (κ1) is 16.7. The second kappa shape index (κ2) is 8.70. The normalized spacial score (nSPS) is 11.5. The van der Waals surface area contributed by atoms with Gasteiger partial charge in [-0.15, -0.1) is 0 Å². The van der Waals surface area contributed by atoms with E-state index in [9.17, 15) is 9.59 Å². The van der Waals surface area contributed by atoms with Gasteiger partial charge in [0.25, 0.3) is 5.91 Å². The maximum Gasteiger partial charge on any atom is 0.323 e. The van der Waals surface area contributed by atoms with Crippen LogP contribution in [0.1, 0.15) is 24.0 Å². The van der Waals surface area contributed by atoms with E-state index in [-0.39, 0.29) is 13.2 Å². The summed E-state index contributed by atoms with van der Waals surface area (Å²) in [6.45, 7) is 2.13. The van der Waals surface area contributed by atoms with E-state index in [1.807, 2.05) is 36.4 Å². The van der Waals surface area contributed by atoms with Crippen molar-refractivity contribution in [2.45, 2.75) is 19.4 Å². The molecule has 1 unspecified atom stereocenters. The van der Waals surface area contributed by atoms with Crippen molar-refractivity contribution in [3.8, 4) is 0 Å². The third-order valence-electron chi connectivity index (χ3n) is 3.17. The second-order valence-corrected chi connectivity index (χ2v) is 4.84. The van der Waals surface area contributed by atoms with Gasteiger partial charge in [-0.3, -0.25) is 14.4 Å². The van der Waals surface area contributed by atoms with Gasteiger partial charge in [0, 0.05) is 0 Å². The maximum absolute atomic E-state index is 12.3. The lowest BCUT2D eigenvalue weighted by Gasteiger charge is -2.15. The first-order valence-corrected chi connectivity index (χ1v) is 7.39. The summed E-state index contributed by atoms with van der Waals surface area (Å²) in [5.74, 6) is -2.20. The van der Waals surface area contributed by atoms with Crippen molar-refractivity contribution >= 4 is 11.9 Å². The summed E-state index contributed by atoms with van der Waals surface area (Å²) < 4.78 is 4.99. The van der Waals surface area contributed by atoms with Crippen LogP contribution >= 0.6 is 0 Å². The van der Waals surface area contributed by atoms with Crippen LogP contribution in [0.4, 0.5) is 0 Å². The molecule has 1 atom stereocenters. The van der Waals surface area contributed by atoms with E-state index in [2.05, 4.69) is 5.48 Å². The molecule has 0 saturated carbocycles. The third kappa shape index (κ3) is 4.93. The Bertz CT molecular complexity index is 628. The van der Waals surface area contributed by atoms with Gasteiger partial charge in [-0.2, -0.15) is 0 Å². The van der Waals surface area contributed by atoms with Crippen molar-refractivity contribution in [3.63, 3.8) is 0 Å². The van der Waals surface area contributed by atoms with Crippen LogP contribution < -0.4 is 5.48 Å². The molecule has 0 radical (unpaired) electrons. The number of amides is 1. The lowest BCUT2D eigenvalue weighted by Crippen LogP contribution is -2.34. The molecule has 2 aromatic carbocycles. The Hall–Kier alpha value is -2.66. The van der Waals surface area contributed by atoms with Crippen LogP contribution in [0.2, 0.25) is 0 Å². The molecule has 1 N–H and O–H groups in total. The minimum Gasteiger partial charge on any atom is -0.465 e. The van der Waals surface area contributed by atoms with Crippen LogP contribution in [-0.2, 0) is 25.8 Å². The van der Waals surface area contributed by atoms with Crippen molar-refractivity contribution in [1.82, 2.24) is 5.48 Å². The molecular formula is C18H19NO4.